The van der Waals surface area contributed by atoms with Gasteiger partial charge in [0, 0.05) is 10.0 Å². The quantitative estimate of drug-likeness (QED) is 0.848. The van der Waals surface area contributed by atoms with Gasteiger partial charge >= 0.3 is 5.97 Å². The minimum atomic E-state index is -0.541. The lowest BCUT2D eigenvalue weighted by Crippen LogP contribution is -2.06. The average Bonchev–Trinajstić information content (AvgIpc) is 2.78. The molecule has 0 radical (unpaired) electrons. The van der Waals surface area contributed by atoms with Gasteiger partial charge in [-0.2, -0.15) is 10.3 Å². The molecule has 94 valence electrons. The molecular weight excluding hydrogens is 302 g/mol. The third-order valence-corrected chi connectivity index (χ3v) is 2.88. The molecule has 7 heteroatoms. The summed E-state index contributed by atoms with van der Waals surface area (Å²) in [6, 6.07) is 4.66. The number of aromatic nitrogens is 3. The summed E-state index contributed by atoms with van der Waals surface area (Å²) in [5.41, 5.74) is 1.13. The first-order chi connectivity index (χ1) is 8.63. The van der Waals surface area contributed by atoms with Gasteiger partial charge in [0.05, 0.1) is 6.61 Å². The van der Waals surface area contributed by atoms with Gasteiger partial charge in [-0.1, -0.05) is 0 Å². The average molecular weight is 312 g/mol. The second kappa shape index (κ2) is 5.18. The Bertz CT molecular complexity index is 583. The lowest BCUT2D eigenvalue weighted by Gasteiger charge is -2.03. The molecule has 0 amide bonds. The fraction of sp³-hybridized carbons (Fsp3) is 0.182. The second-order valence-electron chi connectivity index (χ2n) is 3.41. The molecule has 2 aromatic rings. The van der Waals surface area contributed by atoms with E-state index in [-0.39, 0.29) is 18.1 Å². The summed E-state index contributed by atoms with van der Waals surface area (Å²) < 4.78 is 5.50. The number of H-pyrrole nitrogens is 1. The lowest BCUT2D eigenvalue weighted by atomic mass is 10.1. The van der Waals surface area contributed by atoms with E-state index < -0.39 is 5.97 Å². The Hall–Kier alpha value is -1.89. The Morgan fingerprint density at radius 3 is 2.94 bits per heavy atom. The van der Waals surface area contributed by atoms with Crippen LogP contribution in [0.1, 0.15) is 17.4 Å². The number of ether oxygens (including phenoxy) is 1. The predicted molar refractivity (Wildman–Crippen MR) is 67.1 cm³/mol. The van der Waals surface area contributed by atoms with E-state index in [1.54, 1.807) is 13.0 Å². The Labute approximate surface area is 111 Å². The van der Waals surface area contributed by atoms with E-state index in [9.17, 15) is 9.90 Å². The zero-order valence-corrected chi connectivity index (χ0v) is 11.1. The molecule has 1 heterocycles. The van der Waals surface area contributed by atoms with Gasteiger partial charge in [-0.15, -0.1) is 5.10 Å². The fourth-order valence-electron chi connectivity index (χ4n) is 1.46. The highest BCUT2D eigenvalue weighted by Crippen LogP contribution is 2.31. The molecule has 0 saturated carbocycles. The minimum Gasteiger partial charge on any atom is -0.508 e. The van der Waals surface area contributed by atoms with Gasteiger partial charge in [0.15, 0.2) is 5.69 Å². The maximum Gasteiger partial charge on any atom is 0.361 e. The summed E-state index contributed by atoms with van der Waals surface area (Å²) in [6.07, 6.45) is 0. The van der Waals surface area contributed by atoms with Gasteiger partial charge in [-0.05, 0) is 41.1 Å². The maximum absolute atomic E-state index is 11.7. The van der Waals surface area contributed by atoms with Crippen LogP contribution in [-0.4, -0.2) is 33.1 Å². The first kappa shape index (κ1) is 12.6. The number of esters is 1. The number of nitrogens with one attached hydrogen (secondary N) is 1. The number of aromatic hydroxyl groups is 1. The molecule has 0 saturated heterocycles. The third kappa shape index (κ3) is 2.35. The SMILES string of the molecule is CCOC(=O)c1n[nH]nc1-c1ccc(O)cc1Br. The Morgan fingerprint density at radius 2 is 2.28 bits per heavy atom. The van der Waals surface area contributed by atoms with E-state index in [4.69, 9.17) is 4.74 Å². The van der Waals surface area contributed by atoms with Crippen molar-refractivity contribution in [2.45, 2.75) is 6.92 Å². The summed E-state index contributed by atoms with van der Waals surface area (Å²) in [6.45, 7) is 1.98. The smallest absolute Gasteiger partial charge is 0.361 e. The van der Waals surface area contributed by atoms with Crippen molar-refractivity contribution in [2.24, 2.45) is 0 Å². The summed E-state index contributed by atoms with van der Waals surface area (Å²) >= 11 is 3.30. The number of hydrogen-bond acceptors (Lipinski definition) is 5. The Balaban J connectivity index is 2.45. The van der Waals surface area contributed by atoms with Gasteiger partial charge < -0.3 is 9.84 Å². The Morgan fingerprint density at radius 1 is 1.50 bits per heavy atom. The molecule has 2 N–H and O–H groups in total. The highest BCUT2D eigenvalue weighted by molar-refractivity contribution is 9.10. The van der Waals surface area contributed by atoms with E-state index >= 15 is 0 Å². The molecule has 0 aliphatic carbocycles. The summed E-state index contributed by atoms with van der Waals surface area (Å²) in [4.78, 5) is 11.7. The molecule has 0 unspecified atom stereocenters. The standard InChI is InChI=1S/C11H10BrN3O3/c1-2-18-11(17)10-9(13-15-14-10)7-4-3-6(16)5-8(7)12/h3-5,16H,2H2,1H3,(H,13,14,15). The van der Waals surface area contributed by atoms with Crippen LogP contribution in [0.4, 0.5) is 0 Å². The number of carbonyl (C=O) groups is 1. The molecule has 6 nitrogen and oxygen atoms in total. The Kier molecular flexibility index (Phi) is 3.61. The number of phenolic OH excluding ortho intramolecular Hbond substituents is 1. The highest BCUT2D eigenvalue weighted by atomic mass is 79.9. The van der Waals surface area contributed by atoms with E-state index in [0.29, 0.717) is 15.7 Å². The normalized spacial score (nSPS) is 10.3. The van der Waals surface area contributed by atoms with Gasteiger partial charge in [-0.3, -0.25) is 0 Å². The van der Waals surface area contributed by atoms with Crippen molar-refractivity contribution in [3.05, 3.63) is 28.4 Å². The number of hydrogen-bond donors (Lipinski definition) is 2. The molecule has 0 fully saturated rings. The molecule has 0 spiro atoms. The lowest BCUT2D eigenvalue weighted by molar-refractivity contribution is 0.0520. The van der Waals surface area contributed by atoms with Crippen LogP contribution < -0.4 is 0 Å². The van der Waals surface area contributed by atoms with Gasteiger partial charge in [0.25, 0.3) is 0 Å². The van der Waals surface area contributed by atoms with E-state index in [2.05, 4.69) is 31.3 Å². The topological polar surface area (TPSA) is 88.1 Å². The molecule has 1 aromatic carbocycles. The summed E-state index contributed by atoms with van der Waals surface area (Å²) in [5, 5.41) is 19.4. The molecule has 0 atom stereocenters. The number of nitrogens with zero attached hydrogens (tertiary/aromatic N) is 2. The number of rotatable bonds is 3. The van der Waals surface area contributed by atoms with Gasteiger partial charge in [0.1, 0.15) is 11.4 Å². The van der Waals surface area contributed by atoms with Crippen molar-refractivity contribution in [1.29, 1.82) is 0 Å². The molecule has 0 aliphatic heterocycles. The largest absolute Gasteiger partial charge is 0.508 e. The van der Waals surface area contributed by atoms with Crippen LogP contribution in [0.5, 0.6) is 5.75 Å². The number of carbonyl (C=O) groups excluding carboxylic acids is 1. The number of aromatic amines is 1. The molecule has 0 aliphatic rings. The maximum atomic E-state index is 11.7. The molecule has 1 aromatic heterocycles. The monoisotopic (exact) mass is 311 g/mol. The van der Waals surface area contributed by atoms with Crippen molar-refractivity contribution < 1.29 is 14.6 Å². The molecular formula is C11H10BrN3O3. The summed E-state index contributed by atoms with van der Waals surface area (Å²) in [5.74, 6) is -0.423. The second-order valence-corrected chi connectivity index (χ2v) is 4.26. The third-order valence-electron chi connectivity index (χ3n) is 2.22. The van der Waals surface area contributed by atoms with Crippen molar-refractivity contribution >= 4 is 21.9 Å². The fourth-order valence-corrected chi connectivity index (χ4v) is 2.01. The predicted octanol–water partition coefficient (Wildman–Crippen LogP) is 2.12. The molecule has 18 heavy (non-hydrogen) atoms. The van der Waals surface area contributed by atoms with Crippen LogP contribution in [0.2, 0.25) is 0 Å². The molecule has 2 rings (SSSR count). The number of benzene rings is 1. The van der Waals surface area contributed by atoms with E-state index in [1.807, 2.05) is 0 Å². The van der Waals surface area contributed by atoms with Gasteiger partial charge in [0.2, 0.25) is 0 Å². The first-order valence-electron chi connectivity index (χ1n) is 5.20. The zero-order chi connectivity index (χ0) is 13.1. The number of phenols is 1. The highest BCUT2D eigenvalue weighted by Gasteiger charge is 2.20. The van der Waals surface area contributed by atoms with Crippen LogP contribution in [-0.2, 0) is 4.74 Å². The van der Waals surface area contributed by atoms with Crippen molar-refractivity contribution in [2.75, 3.05) is 6.61 Å². The van der Waals surface area contributed by atoms with Crippen molar-refractivity contribution in [3.63, 3.8) is 0 Å². The van der Waals surface area contributed by atoms with Crippen molar-refractivity contribution in [1.82, 2.24) is 15.4 Å². The van der Waals surface area contributed by atoms with Crippen molar-refractivity contribution in [3.8, 4) is 17.0 Å². The van der Waals surface area contributed by atoms with E-state index in [1.165, 1.54) is 12.1 Å². The van der Waals surface area contributed by atoms with Crippen LogP contribution in [0.25, 0.3) is 11.3 Å². The zero-order valence-electron chi connectivity index (χ0n) is 9.48. The number of halogens is 1. The minimum absolute atomic E-state index is 0.114. The van der Waals surface area contributed by atoms with Gasteiger partial charge in [-0.25, -0.2) is 4.79 Å². The van der Waals surface area contributed by atoms with E-state index in [0.717, 1.165) is 0 Å². The molecule has 0 bridgehead atoms. The van der Waals surface area contributed by atoms with Crippen LogP contribution in [0.3, 0.4) is 0 Å². The summed E-state index contributed by atoms with van der Waals surface area (Å²) in [7, 11) is 0. The first-order valence-corrected chi connectivity index (χ1v) is 5.99. The van der Waals surface area contributed by atoms with Crippen LogP contribution in [0, 0.1) is 0 Å². The van der Waals surface area contributed by atoms with Crippen LogP contribution in [0.15, 0.2) is 22.7 Å². The van der Waals surface area contributed by atoms with Crippen LogP contribution >= 0.6 is 15.9 Å².